The number of rotatable bonds is 10. The Morgan fingerprint density at radius 3 is 2.64 bits per heavy atom. The lowest BCUT2D eigenvalue weighted by Gasteiger charge is -2.09. The molecule has 2 heterocycles. The summed E-state index contributed by atoms with van der Waals surface area (Å²) in [6.07, 6.45) is 3.80. The fourth-order valence-electron chi connectivity index (χ4n) is 3.72. The van der Waals surface area contributed by atoms with Gasteiger partial charge in [0.1, 0.15) is 29.5 Å². The molecule has 0 saturated heterocycles. The van der Waals surface area contributed by atoms with Crippen molar-refractivity contribution in [2.24, 2.45) is 0 Å². The van der Waals surface area contributed by atoms with Gasteiger partial charge in [-0.1, -0.05) is 30.7 Å². The van der Waals surface area contributed by atoms with Crippen molar-refractivity contribution in [2.45, 2.75) is 25.7 Å². The van der Waals surface area contributed by atoms with E-state index in [1.165, 1.54) is 18.5 Å². The Balaban J connectivity index is 1.73. The van der Waals surface area contributed by atoms with E-state index in [0.29, 0.717) is 41.2 Å². The molecule has 0 fully saturated rings. The van der Waals surface area contributed by atoms with E-state index in [1.807, 2.05) is 24.3 Å². The lowest BCUT2D eigenvalue weighted by Crippen LogP contribution is -2.04. The van der Waals surface area contributed by atoms with E-state index in [2.05, 4.69) is 15.3 Å². The van der Waals surface area contributed by atoms with Crippen molar-refractivity contribution in [3.05, 3.63) is 60.7 Å². The van der Waals surface area contributed by atoms with Crippen molar-refractivity contribution in [2.75, 3.05) is 19.0 Å². The van der Waals surface area contributed by atoms with Crippen LogP contribution in [0.4, 0.5) is 10.2 Å². The van der Waals surface area contributed by atoms with Gasteiger partial charge < -0.3 is 19.6 Å². The van der Waals surface area contributed by atoms with E-state index in [1.54, 1.807) is 19.2 Å². The van der Waals surface area contributed by atoms with Crippen molar-refractivity contribution in [3.8, 4) is 28.2 Å². The molecule has 0 saturated carbocycles. The first-order valence-electron chi connectivity index (χ1n) is 10.7. The predicted molar refractivity (Wildman–Crippen MR) is 124 cm³/mol. The maximum absolute atomic E-state index is 14.0. The maximum atomic E-state index is 14.0. The van der Waals surface area contributed by atoms with Gasteiger partial charge in [-0.05, 0) is 42.7 Å². The third-order valence-corrected chi connectivity index (χ3v) is 5.31. The van der Waals surface area contributed by atoms with Gasteiger partial charge in [0.15, 0.2) is 0 Å². The van der Waals surface area contributed by atoms with Crippen LogP contribution in [0, 0.1) is 5.82 Å². The van der Waals surface area contributed by atoms with Gasteiger partial charge in [-0.2, -0.15) is 0 Å². The number of anilines is 1. The van der Waals surface area contributed by atoms with Crippen LogP contribution >= 0.6 is 0 Å². The first-order valence-corrected chi connectivity index (χ1v) is 10.7. The highest BCUT2D eigenvalue weighted by molar-refractivity contribution is 6.05. The molecule has 0 unspecified atom stereocenters. The summed E-state index contributed by atoms with van der Waals surface area (Å²) in [5.74, 6) is 0.678. The molecular formula is C25H24FN3O4. The molecule has 0 bridgehead atoms. The highest BCUT2D eigenvalue weighted by Crippen LogP contribution is 2.43. The number of hydrogen-bond acceptors (Lipinski definition) is 6. The number of benzene rings is 2. The molecular weight excluding hydrogens is 425 g/mol. The molecule has 2 aromatic heterocycles. The number of furan rings is 1. The second-order valence-corrected chi connectivity index (χ2v) is 7.58. The lowest BCUT2D eigenvalue weighted by molar-refractivity contribution is -0.137. The second-order valence-electron chi connectivity index (χ2n) is 7.58. The number of hydrogen-bond donors (Lipinski definition) is 2. The number of nitrogens with one attached hydrogen (secondary N) is 1. The van der Waals surface area contributed by atoms with Gasteiger partial charge in [-0.25, -0.2) is 14.4 Å². The van der Waals surface area contributed by atoms with E-state index in [4.69, 9.17) is 14.3 Å². The number of nitrogens with zero attached hydrogens (tertiary/aromatic N) is 2. The molecule has 4 rings (SSSR count). The Morgan fingerprint density at radius 1 is 1.09 bits per heavy atom. The zero-order valence-corrected chi connectivity index (χ0v) is 18.2. The minimum Gasteiger partial charge on any atom is -0.497 e. The maximum Gasteiger partial charge on any atom is 0.303 e. The van der Waals surface area contributed by atoms with Crippen LogP contribution in [0.25, 0.3) is 33.6 Å². The summed E-state index contributed by atoms with van der Waals surface area (Å²) in [6, 6.07) is 13.8. The van der Waals surface area contributed by atoms with Gasteiger partial charge in [0.25, 0.3) is 0 Å². The van der Waals surface area contributed by atoms with Crippen LogP contribution in [0.5, 0.6) is 5.75 Å². The van der Waals surface area contributed by atoms with Crippen LogP contribution in [-0.2, 0) is 4.79 Å². The molecule has 0 radical (unpaired) electrons. The molecule has 0 spiro atoms. The largest absolute Gasteiger partial charge is 0.497 e. The molecule has 2 N–H and O–H groups in total. The SMILES string of the molecule is COc1ccc(-c2c(-c3cccc(F)c3)oc3ncnc(NCCCCCC(=O)O)c23)cc1. The van der Waals surface area contributed by atoms with E-state index >= 15 is 0 Å². The second kappa shape index (κ2) is 10.1. The quantitative estimate of drug-likeness (QED) is 0.297. The Bertz CT molecular complexity index is 1250. The van der Waals surface area contributed by atoms with Gasteiger partial charge in [-0.3, -0.25) is 4.79 Å². The third-order valence-electron chi connectivity index (χ3n) is 5.31. The average molecular weight is 449 g/mol. The van der Waals surface area contributed by atoms with Gasteiger partial charge in [-0.15, -0.1) is 0 Å². The Morgan fingerprint density at radius 2 is 1.91 bits per heavy atom. The number of carboxylic acids is 1. The van der Waals surface area contributed by atoms with E-state index in [0.717, 1.165) is 29.7 Å². The number of aliphatic carboxylic acids is 1. The fraction of sp³-hybridized carbons (Fsp3) is 0.240. The van der Waals surface area contributed by atoms with Crippen LogP contribution in [-0.4, -0.2) is 34.7 Å². The minimum absolute atomic E-state index is 0.165. The molecule has 2 aromatic carbocycles. The standard InChI is InChI=1S/C25H24FN3O4/c1-32-19-11-9-16(10-12-19)21-22-24(27-13-4-2-3-8-20(30)31)28-15-29-25(22)33-23(21)17-6-5-7-18(26)14-17/h5-7,9-12,14-15H,2-4,8,13H2,1H3,(H,30,31)(H,27,28,29). The molecule has 0 aliphatic heterocycles. The zero-order chi connectivity index (χ0) is 23.2. The average Bonchev–Trinajstić information content (AvgIpc) is 3.21. The normalized spacial score (nSPS) is 11.0. The fourth-order valence-corrected chi connectivity index (χ4v) is 3.72. The molecule has 8 heteroatoms. The lowest BCUT2D eigenvalue weighted by atomic mass is 9.99. The van der Waals surface area contributed by atoms with Crippen LogP contribution in [0.2, 0.25) is 0 Å². The third kappa shape index (κ3) is 5.11. The Kier molecular flexibility index (Phi) is 6.83. The smallest absolute Gasteiger partial charge is 0.303 e. The summed E-state index contributed by atoms with van der Waals surface area (Å²) in [7, 11) is 1.60. The molecule has 33 heavy (non-hydrogen) atoms. The summed E-state index contributed by atoms with van der Waals surface area (Å²) in [6.45, 7) is 0.619. The molecule has 0 amide bonds. The highest BCUT2D eigenvalue weighted by Gasteiger charge is 2.22. The van der Waals surface area contributed by atoms with Crippen molar-refractivity contribution in [3.63, 3.8) is 0 Å². The minimum atomic E-state index is -0.784. The summed E-state index contributed by atoms with van der Waals surface area (Å²) < 4.78 is 25.4. The number of unbranched alkanes of at least 4 members (excludes halogenated alkanes) is 2. The van der Waals surface area contributed by atoms with Gasteiger partial charge in [0, 0.05) is 24.1 Å². The first-order chi connectivity index (χ1) is 16.1. The predicted octanol–water partition coefficient (Wildman–Crippen LogP) is 5.76. The molecule has 0 atom stereocenters. The van der Waals surface area contributed by atoms with Crippen molar-refractivity contribution in [1.82, 2.24) is 9.97 Å². The zero-order valence-electron chi connectivity index (χ0n) is 18.2. The van der Waals surface area contributed by atoms with Crippen molar-refractivity contribution in [1.29, 1.82) is 0 Å². The van der Waals surface area contributed by atoms with Crippen LogP contribution in [0.15, 0.2) is 59.3 Å². The van der Waals surface area contributed by atoms with E-state index in [-0.39, 0.29) is 12.2 Å². The molecule has 170 valence electrons. The highest BCUT2D eigenvalue weighted by atomic mass is 19.1. The molecule has 4 aromatic rings. The first kappa shape index (κ1) is 22.3. The van der Waals surface area contributed by atoms with E-state index in [9.17, 15) is 9.18 Å². The number of methoxy groups -OCH3 is 1. The van der Waals surface area contributed by atoms with Gasteiger partial charge >= 0.3 is 5.97 Å². The number of carboxylic acid groups (broad SMARTS) is 1. The van der Waals surface area contributed by atoms with E-state index < -0.39 is 5.97 Å². The van der Waals surface area contributed by atoms with Crippen molar-refractivity contribution >= 4 is 22.9 Å². The Labute approximate surface area is 190 Å². The monoisotopic (exact) mass is 449 g/mol. The topological polar surface area (TPSA) is 97.5 Å². The number of halogens is 1. The van der Waals surface area contributed by atoms with Crippen LogP contribution in [0.3, 0.4) is 0 Å². The molecule has 0 aliphatic rings. The molecule has 0 aliphatic carbocycles. The summed E-state index contributed by atoms with van der Waals surface area (Å²) in [5, 5.41) is 12.8. The van der Waals surface area contributed by atoms with Crippen molar-refractivity contribution < 1.29 is 23.4 Å². The summed E-state index contributed by atoms with van der Waals surface area (Å²) in [5.41, 5.74) is 2.60. The molecule has 7 nitrogen and oxygen atoms in total. The van der Waals surface area contributed by atoms with Crippen LogP contribution < -0.4 is 10.1 Å². The summed E-state index contributed by atoms with van der Waals surface area (Å²) >= 11 is 0. The Hall–Kier alpha value is -3.94. The van der Waals surface area contributed by atoms with Crippen LogP contribution in [0.1, 0.15) is 25.7 Å². The number of fused-ring (bicyclic) bond motifs is 1. The number of ether oxygens (including phenoxy) is 1. The van der Waals surface area contributed by atoms with Gasteiger partial charge in [0.2, 0.25) is 5.71 Å². The summed E-state index contributed by atoms with van der Waals surface area (Å²) in [4.78, 5) is 19.4. The number of carbonyl (C=O) groups is 1. The number of aromatic nitrogens is 2. The van der Waals surface area contributed by atoms with Gasteiger partial charge in [0.05, 0.1) is 12.5 Å².